The van der Waals surface area contributed by atoms with Crippen molar-refractivity contribution in [1.29, 1.82) is 0 Å². The Labute approximate surface area is 129 Å². The second-order valence-electron chi connectivity index (χ2n) is 4.25. The number of hydrogen-bond acceptors (Lipinski definition) is 3. The van der Waals surface area contributed by atoms with Crippen molar-refractivity contribution in [2.75, 3.05) is 0 Å². The molecular formula is C14H14Br2N2O. The molecule has 0 aliphatic carbocycles. The van der Waals surface area contributed by atoms with E-state index >= 15 is 0 Å². The Morgan fingerprint density at radius 2 is 1.95 bits per heavy atom. The van der Waals surface area contributed by atoms with Gasteiger partial charge in [-0.2, -0.15) is 0 Å². The molecule has 0 saturated heterocycles. The zero-order valence-corrected chi connectivity index (χ0v) is 13.9. The van der Waals surface area contributed by atoms with Crippen LogP contribution in [0, 0.1) is 13.8 Å². The molecule has 0 aliphatic rings. The van der Waals surface area contributed by atoms with E-state index in [0.29, 0.717) is 12.4 Å². The summed E-state index contributed by atoms with van der Waals surface area (Å²) in [6, 6.07) is 7.74. The summed E-state index contributed by atoms with van der Waals surface area (Å²) in [7, 11) is 0. The highest BCUT2D eigenvalue weighted by Gasteiger charge is 2.11. The summed E-state index contributed by atoms with van der Waals surface area (Å²) in [6.45, 7) is 4.36. The Morgan fingerprint density at radius 1 is 1.21 bits per heavy atom. The molecule has 1 heterocycles. The molecule has 0 aliphatic heterocycles. The fraction of sp³-hybridized carbons (Fsp3) is 0.214. The summed E-state index contributed by atoms with van der Waals surface area (Å²) >= 11 is 6.89. The predicted octanol–water partition coefficient (Wildman–Crippen LogP) is 4.47. The van der Waals surface area contributed by atoms with Gasteiger partial charge in [0.25, 0.3) is 0 Å². The fourth-order valence-corrected chi connectivity index (χ4v) is 2.95. The summed E-state index contributed by atoms with van der Waals surface area (Å²) in [5, 5.41) is 0. The van der Waals surface area contributed by atoms with Gasteiger partial charge in [0.1, 0.15) is 5.75 Å². The first-order valence-corrected chi connectivity index (χ1v) is 7.40. The van der Waals surface area contributed by atoms with Crippen molar-refractivity contribution in [3.05, 3.63) is 50.0 Å². The molecule has 0 bridgehead atoms. The van der Waals surface area contributed by atoms with Crippen molar-refractivity contribution in [3.63, 3.8) is 0 Å². The summed E-state index contributed by atoms with van der Waals surface area (Å²) in [6.07, 6.45) is 0. The van der Waals surface area contributed by atoms with Gasteiger partial charge in [-0.15, -0.1) is 0 Å². The highest BCUT2D eigenvalue weighted by Crippen LogP contribution is 2.33. The van der Waals surface area contributed by atoms with Gasteiger partial charge < -0.3 is 10.5 Å². The molecule has 0 saturated carbocycles. The van der Waals surface area contributed by atoms with E-state index in [4.69, 9.17) is 10.5 Å². The van der Waals surface area contributed by atoms with Crippen LogP contribution in [0.2, 0.25) is 0 Å². The lowest BCUT2D eigenvalue weighted by Crippen LogP contribution is -2.05. The number of aromatic nitrogens is 1. The Kier molecular flexibility index (Phi) is 4.60. The number of pyridine rings is 1. The van der Waals surface area contributed by atoms with Gasteiger partial charge in [0.2, 0.25) is 5.88 Å². The van der Waals surface area contributed by atoms with E-state index < -0.39 is 0 Å². The van der Waals surface area contributed by atoms with E-state index in [1.54, 1.807) is 0 Å². The van der Waals surface area contributed by atoms with E-state index in [1.165, 1.54) is 0 Å². The number of halogens is 2. The summed E-state index contributed by atoms with van der Waals surface area (Å²) in [5.74, 6) is 1.29. The monoisotopic (exact) mass is 384 g/mol. The molecule has 5 heteroatoms. The van der Waals surface area contributed by atoms with Crippen molar-refractivity contribution in [2.45, 2.75) is 20.4 Å². The molecule has 1 aromatic heterocycles. The minimum Gasteiger partial charge on any atom is -0.437 e. The first-order chi connectivity index (χ1) is 9.01. The molecule has 0 radical (unpaired) electrons. The third kappa shape index (κ3) is 3.35. The van der Waals surface area contributed by atoms with Gasteiger partial charge in [0, 0.05) is 22.3 Å². The van der Waals surface area contributed by atoms with Crippen LogP contribution in [0.25, 0.3) is 0 Å². The Bertz CT molecular complexity index is 615. The number of aryl methyl sites for hydroxylation is 2. The van der Waals surface area contributed by atoms with Gasteiger partial charge in [-0.3, -0.25) is 0 Å². The molecule has 100 valence electrons. The molecule has 0 unspecified atom stereocenters. The minimum atomic E-state index is 0.405. The van der Waals surface area contributed by atoms with Crippen LogP contribution in [0.1, 0.15) is 16.8 Å². The Balaban J connectivity index is 2.42. The van der Waals surface area contributed by atoms with Gasteiger partial charge in [0.15, 0.2) is 0 Å². The maximum atomic E-state index is 5.89. The van der Waals surface area contributed by atoms with Gasteiger partial charge in [-0.25, -0.2) is 4.98 Å². The third-order valence-electron chi connectivity index (χ3n) is 2.74. The van der Waals surface area contributed by atoms with Crippen molar-refractivity contribution in [1.82, 2.24) is 4.98 Å². The van der Waals surface area contributed by atoms with Crippen molar-refractivity contribution in [2.24, 2.45) is 5.73 Å². The molecule has 0 spiro atoms. The molecule has 0 fully saturated rings. The van der Waals surface area contributed by atoms with E-state index in [2.05, 4.69) is 36.8 Å². The number of rotatable bonds is 3. The normalized spacial score (nSPS) is 10.6. The molecule has 2 aromatic rings. The fourth-order valence-electron chi connectivity index (χ4n) is 1.82. The predicted molar refractivity (Wildman–Crippen MR) is 83.5 cm³/mol. The number of hydrogen-bond donors (Lipinski definition) is 1. The lowest BCUT2D eigenvalue weighted by molar-refractivity contribution is 0.451. The average Bonchev–Trinajstić information content (AvgIpc) is 2.32. The molecule has 0 amide bonds. The van der Waals surface area contributed by atoms with Crippen LogP contribution in [0.5, 0.6) is 11.6 Å². The summed E-state index contributed by atoms with van der Waals surface area (Å²) < 4.78 is 7.74. The van der Waals surface area contributed by atoms with Crippen LogP contribution in [0.15, 0.2) is 33.2 Å². The summed E-state index contributed by atoms with van der Waals surface area (Å²) in [4.78, 5) is 4.43. The first kappa shape index (κ1) is 14.5. The van der Waals surface area contributed by atoms with E-state index in [1.807, 2.05) is 38.1 Å². The molecule has 0 atom stereocenters. The van der Waals surface area contributed by atoms with E-state index in [-0.39, 0.29) is 0 Å². The first-order valence-electron chi connectivity index (χ1n) is 5.81. The van der Waals surface area contributed by atoms with Crippen molar-refractivity contribution < 1.29 is 4.74 Å². The van der Waals surface area contributed by atoms with Crippen LogP contribution in [0.3, 0.4) is 0 Å². The minimum absolute atomic E-state index is 0.405. The zero-order chi connectivity index (χ0) is 14.0. The largest absolute Gasteiger partial charge is 0.437 e. The zero-order valence-electron chi connectivity index (χ0n) is 10.7. The molecule has 2 N–H and O–H groups in total. The maximum Gasteiger partial charge on any atom is 0.224 e. The number of nitrogens with zero attached hydrogens (tertiary/aromatic N) is 1. The van der Waals surface area contributed by atoms with Crippen LogP contribution in [-0.4, -0.2) is 4.98 Å². The van der Waals surface area contributed by atoms with Gasteiger partial charge >= 0.3 is 0 Å². The van der Waals surface area contributed by atoms with Gasteiger partial charge in [-0.05, 0) is 59.6 Å². The highest BCUT2D eigenvalue weighted by atomic mass is 79.9. The van der Waals surface area contributed by atoms with E-state index in [9.17, 15) is 0 Å². The lowest BCUT2D eigenvalue weighted by Gasteiger charge is -2.13. The van der Waals surface area contributed by atoms with Crippen LogP contribution in [0.4, 0.5) is 0 Å². The molecule has 19 heavy (non-hydrogen) atoms. The van der Waals surface area contributed by atoms with Crippen molar-refractivity contribution in [3.8, 4) is 11.6 Å². The lowest BCUT2D eigenvalue weighted by atomic mass is 10.1. The second kappa shape index (κ2) is 6.03. The van der Waals surface area contributed by atoms with Gasteiger partial charge in [0.05, 0.1) is 4.47 Å². The molecular weight excluding hydrogens is 372 g/mol. The van der Waals surface area contributed by atoms with Crippen LogP contribution >= 0.6 is 31.9 Å². The van der Waals surface area contributed by atoms with Crippen molar-refractivity contribution >= 4 is 31.9 Å². The average molecular weight is 386 g/mol. The summed E-state index contributed by atoms with van der Waals surface area (Å²) in [5.41, 5.74) is 8.72. The van der Waals surface area contributed by atoms with Gasteiger partial charge in [-0.1, -0.05) is 15.9 Å². The number of benzene rings is 1. The SMILES string of the molecule is Cc1cc(C)c(CN)c(Oc2ccc(Br)cc2Br)n1. The van der Waals surface area contributed by atoms with Crippen LogP contribution in [-0.2, 0) is 6.54 Å². The molecule has 1 aromatic carbocycles. The second-order valence-corrected chi connectivity index (χ2v) is 6.02. The smallest absolute Gasteiger partial charge is 0.224 e. The highest BCUT2D eigenvalue weighted by molar-refractivity contribution is 9.11. The standard InChI is InChI=1S/C14H14Br2N2O/c1-8-5-9(2)18-14(11(8)7-17)19-13-4-3-10(15)6-12(13)16/h3-6H,7,17H2,1-2H3. The Morgan fingerprint density at radius 3 is 2.58 bits per heavy atom. The quantitative estimate of drug-likeness (QED) is 0.847. The topological polar surface area (TPSA) is 48.1 Å². The number of ether oxygens (including phenoxy) is 1. The van der Waals surface area contributed by atoms with Crippen LogP contribution < -0.4 is 10.5 Å². The number of nitrogens with two attached hydrogens (primary N) is 1. The molecule has 3 nitrogen and oxygen atoms in total. The molecule has 2 rings (SSSR count). The third-order valence-corrected chi connectivity index (χ3v) is 3.86. The Hall–Kier alpha value is -0.910. The van der Waals surface area contributed by atoms with E-state index in [0.717, 1.165) is 31.5 Å². The maximum absolute atomic E-state index is 5.89.